The number of amides is 12. The number of nitrogens with zero attached hydrogens (tertiary/aromatic N) is 2. The van der Waals surface area contributed by atoms with Gasteiger partial charge in [-0.05, 0) is 80.7 Å². The number of aromatic amines is 1. The molecule has 0 radical (unpaired) electrons. The molecule has 12 amide bonds. The first-order valence-corrected chi connectivity index (χ1v) is 35.0. The van der Waals surface area contributed by atoms with Crippen LogP contribution in [-0.2, 0) is 80.0 Å². The first kappa shape index (κ1) is 83.4. The van der Waals surface area contributed by atoms with E-state index in [1.54, 1.807) is 58.0 Å². The number of hydrogen-bond acceptors (Lipinski definition) is 19. The molecule has 0 spiro atoms. The van der Waals surface area contributed by atoms with Crippen LogP contribution in [-0.4, -0.2) is 199 Å². The maximum atomic E-state index is 14.9. The summed E-state index contributed by atoms with van der Waals surface area (Å²) < 4.78 is 0. The molecule has 3 heterocycles. The molecule has 33 nitrogen and oxygen atoms in total. The zero-order chi connectivity index (χ0) is 74.3. The van der Waals surface area contributed by atoms with Gasteiger partial charge in [-0.25, -0.2) is 4.98 Å². The molecule has 0 aliphatic carbocycles. The van der Waals surface area contributed by atoms with Crippen molar-refractivity contribution in [3.63, 3.8) is 0 Å². The Morgan fingerprint density at radius 1 is 0.660 bits per heavy atom. The largest absolute Gasteiger partial charge is 0.481 e. The zero-order valence-corrected chi connectivity index (χ0v) is 59.0. The van der Waals surface area contributed by atoms with Crippen LogP contribution < -0.4 is 75.7 Å². The van der Waals surface area contributed by atoms with Crippen molar-refractivity contribution in [2.24, 2.45) is 45.9 Å². The van der Waals surface area contributed by atoms with E-state index in [0.29, 0.717) is 16.3 Å². The molecule has 2 aromatic rings. The molecule has 34 heteroatoms. The van der Waals surface area contributed by atoms with Crippen LogP contribution in [0.2, 0.25) is 0 Å². The van der Waals surface area contributed by atoms with Gasteiger partial charge in [0, 0.05) is 37.7 Å². The van der Waals surface area contributed by atoms with Gasteiger partial charge in [0.1, 0.15) is 65.7 Å². The van der Waals surface area contributed by atoms with Gasteiger partial charge in [-0.3, -0.25) is 72.1 Å². The summed E-state index contributed by atoms with van der Waals surface area (Å²) in [4.78, 5) is 207. The van der Waals surface area contributed by atoms with Crippen molar-refractivity contribution in [3.05, 3.63) is 54.1 Å². The molecule has 15 atom stereocenters. The average Bonchev–Trinajstić information content (AvgIpc) is 1.41. The molecular weight excluding hydrogens is 1320 g/mol. The van der Waals surface area contributed by atoms with Gasteiger partial charge in [-0.15, -0.1) is 0 Å². The normalized spacial score (nSPS) is 23.1. The Labute approximate surface area is 586 Å². The summed E-state index contributed by atoms with van der Waals surface area (Å²) in [6.45, 7) is 14.2. The molecule has 1 aromatic carbocycles. The van der Waals surface area contributed by atoms with E-state index in [2.05, 4.69) is 73.4 Å². The van der Waals surface area contributed by atoms with Crippen molar-refractivity contribution in [2.45, 2.75) is 223 Å². The van der Waals surface area contributed by atoms with Crippen LogP contribution in [0.15, 0.2) is 47.8 Å². The number of aromatic nitrogens is 2. The molecule has 2 aliphatic rings. The van der Waals surface area contributed by atoms with E-state index < -0.39 is 192 Å². The molecule has 0 bridgehead atoms. The van der Waals surface area contributed by atoms with Gasteiger partial charge in [-0.1, -0.05) is 117 Å². The van der Waals surface area contributed by atoms with Gasteiger partial charge in [0.05, 0.1) is 36.8 Å². The Morgan fingerprint density at radius 3 is 1.85 bits per heavy atom. The first-order valence-electron chi connectivity index (χ1n) is 34.1. The number of rotatable bonds is 31. The third-order valence-corrected chi connectivity index (χ3v) is 18.8. The second-order valence-corrected chi connectivity index (χ2v) is 27.2. The number of nitrogens with one attached hydrogen (secondary N) is 12. The molecular formula is C66H103N17O16S. The van der Waals surface area contributed by atoms with E-state index in [1.165, 1.54) is 24.3 Å². The fraction of sp³-hybridized carbons (Fsp3) is 0.636. The molecule has 1 aromatic heterocycles. The number of carboxylic acid groups (broad SMARTS) is 2. The van der Waals surface area contributed by atoms with Crippen LogP contribution in [0.25, 0.3) is 0 Å². The molecule has 4 rings (SSSR count). The van der Waals surface area contributed by atoms with E-state index >= 15 is 0 Å². The van der Waals surface area contributed by atoms with E-state index in [4.69, 9.17) is 17.2 Å². The zero-order valence-electron chi connectivity index (χ0n) is 58.2. The second kappa shape index (κ2) is 42.1. The lowest BCUT2D eigenvalue weighted by Gasteiger charge is -2.30. The maximum Gasteiger partial charge on any atom is 0.305 e. The number of thioether (sulfide) groups is 1. The van der Waals surface area contributed by atoms with Crippen molar-refractivity contribution in [2.75, 3.05) is 19.6 Å². The number of H-pyrrole nitrogens is 1. The van der Waals surface area contributed by atoms with E-state index in [1.807, 2.05) is 27.7 Å². The number of imidazole rings is 1. The summed E-state index contributed by atoms with van der Waals surface area (Å²) in [7, 11) is 0. The molecule has 0 saturated carbocycles. The number of aliphatic carboxylic acids is 2. The number of hydrogen-bond donors (Lipinski definition) is 17. The molecule has 1 fully saturated rings. The quantitative estimate of drug-likeness (QED) is 0.0401. The Kier molecular flexibility index (Phi) is 35.1. The minimum atomic E-state index is -1.94. The molecule has 100 heavy (non-hydrogen) atoms. The van der Waals surface area contributed by atoms with Crippen molar-refractivity contribution < 1.29 is 77.3 Å². The SMILES string of the molecule is CCC(C)[C@H](NC(=O)[C@@H](CCC(=O)O)NC(=O)[C@H](CC(C)C)NC(=O)C1CN=C(C(N)[C@@H](C)CC)S1)C(=O)N[C@H]1CCCCNC(=O)[C@H](CC(N)=O)NC(=O)[C@@H](CC(=O)O)NC(=O)[C@H](Cc2cnc[nH]2)NC(=O)[C@@H](Cc2ccccc2)NC(=O)[C@H](C(C)CC)NC(=O)[C@@H](CCCN)NC1=O. The molecule has 1 saturated heterocycles. The highest BCUT2D eigenvalue weighted by molar-refractivity contribution is 8.15. The third kappa shape index (κ3) is 27.6. The van der Waals surface area contributed by atoms with Crippen LogP contribution in [0.1, 0.15) is 150 Å². The number of primary amides is 1. The minimum absolute atomic E-state index is 0.00169. The molecule has 554 valence electrons. The predicted octanol–water partition coefficient (Wildman–Crippen LogP) is -1.68. The van der Waals surface area contributed by atoms with Crippen LogP contribution in [0.4, 0.5) is 0 Å². The topological polar surface area (TPSA) is 531 Å². The fourth-order valence-electron chi connectivity index (χ4n) is 10.9. The smallest absolute Gasteiger partial charge is 0.305 e. The van der Waals surface area contributed by atoms with E-state index in [0.717, 1.165) is 6.42 Å². The summed E-state index contributed by atoms with van der Waals surface area (Å²) in [6.07, 6.45) is 0.386. The van der Waals surface area contributed by atoms with Gasteiger partial charge in [0.2, 0.25) is 70.9 Å². The van der Waals surface area contributed by atoms with Crippen LogP contribution in [0.3, 0.4) is 0 Å². The average molecular weight is 1420 g/mol. The minimum Gasteiger partial charge on any atom is -0.481 e. The Morgan fingerprint density at radius 2 is 1.26 bits per heavy atom. The summed E-state index contributed by atoms with van der Waals surface area (Å²) in [5.74, 6) is -15.6. The van der Waals surface area contributed by atoms with Crippen molar-refractivity contribution >= 4 is 99.6 Å². The maximum absolute atomic E-state index is 14.9. The summed E-state index contributed by atoms with van der Waals surface area (Å²) in [5.41, 5.74) is 18.7. The lowest BCUT2D eigenvalue weighted by molar-refractivity contribution is -0.142. The fourth-order valence-corrected chi connectivity index (χ4v) is 12.0. The van der Waals surface area contributed by atoms with E-state index in [9.17, 15) is 77.3 Å². The summed E-state index contributed by atoms with van der Waals surface area (Å²) in [5, 5.41) is 48.4. The number of carbonyl (C=O) groups excluding carboxylic acids is 12. The van der Waals surface area contributed by atoms with Crippen molar-refractivity contribution in [3.8, 4) is 0 Å². The number of nitrogens with two attached hydrogens (primary N) is 3. The molecule has 20 N–H and O–H groups in total. The highest BCUT2D eigenvalue weighted by atomic mass is 32.2. The highest BCUT2D eigenvalue weighted by Gasteiger charge is 2.40. The number of benzene rings is 1. The van der Waals surface area contributed by atoms with Gasteiger partial charge < -0.3 is 90.9 Å². The van der Waals surface area contributed by atoms with E-state index in [-0.39, 0.29) is 95.7 Å². The van der Waals surface area contributed by atoms with Crippen LogP contribution in [0.5, 0.6) is 0 Å². The number of aliphatic imine (C=N–C) groups is 1. The Hall–Kier alpha value is -9.05. The first-order chi connectivity index (χ1) is 47.4. The van der Waals surface area contributed by atoms with Gasteiger partial charge >= 0.3 is 11.9 Å². The van der Waals surface area contributed by atoms with Crippen LogP contribution >= 0.6 is 11.8 Å². The monoisotopic (exact) mass is 1420 g/mol. The van der Waals surface area contributed by atoms with Gasteiger partial charge in [-0.2, -0.15) is 0 Å². The van der Waals surface area contributed by atoms with Gasteiger partial charge in [0.25, 0.3) is 0 Å². The standard InChI is InChI=1S/C66H103N17O16S/c1-9-35(6)52(69)66-72-32-48(100-66)63(97)80-43(26-34(4)5)59(93)75-42(22-23-50(85)86)58(92)83-53(36(7)10-2)64(98)76-40-20-15-16-25-71-55(89)46(29-49(68)84)78-62(96)47(30-51(87)88)79-61(95)45(28-39-31-70-33-73-39)77-60(94)44(27-38-18-13-12-14-19-38)81-65(99)54(37(8)11-3)82-57(91)41(21-17-24-67)74-56(40)90/h12-14,18-19,31,33-37,40-48,52-54H,9-11,15-17,20-30,32,67,69H2,1-8H3,(H2,68,84)(H,70,73)(H,71,89)(H,74,90)(H,75,93)(H,76,98)(H,77,94)(H,78,96)(H,79,95)(H,80,97)(H,81,99)(H,82,91)(H,83,92)(H,85,86)(H,87,88)/t35-,36?,37?,40-,41+,42+,43-,44+,45-,46-,47+,48?,52?,53-,54-/m0/s1. The third-order valence-electron chi connectivity index (χ3n) is 17.5. The van der Waals surface area contributed by atoms with Crippen molar-refractivity contribution in [1.82, 2.24) is 68.5 Å². The Balaban J connectivity index is 1.76. The number of carbonyl (C=O) groups is 14. The lowest BCUT2D eigenvalue weighted by Crippen LogP contribution is -2.62. The molecule has 4 unspecified atom stereocenters. The summed E-state index contributed by atoms with van der Waals surface area (Å²) in [6, 6.07) is -7.45. The van der Waals surface area contributed by atoms with Crippen LogP contribution in [0, 0.1) is 23.7 Å². The Bertz CT molecular complexity index is 3160. The highest BCUT2D eigenvalue weighted by Crippen LogP contribution is 2.27. The van der Waals surface area contributed by atoms with Crippen molar-refractivity contribution in [1.29, 1.82) is 0 Å². The summed E-state index contributed by atoms with van der Waals surface area (Å²) >= 11 is 1.20. The predicted molar refractivity (Wildman–Crippen MR) is 369 cm³/mol. The van der Waals surface area contributed by atoms with Gasteiger partial charge in [0.15, 0.2) is 0 Å². The second-order valence-electron chi connectivity index (χ2n) is 25.9. The number of carboxylic acids is 2. The molecule has 2 aliphatic heterocycles. The lowest BCUT2D eigenvalue weighted by atomic mass is 9.96.